The number of hydrogen-bond acceptors (Lipinski definition) is 4. The van der Waals surface area contributed by atoms with Crippen LogP contribution in [0.5, 0.6) is 5.75 Å². The van der Waals surface area contributed by atoms with Crippen LogP contribution in [0.25, 0.3) is 0 Å². The van der Waals surface area contributed by atoms with Crippen LogP contribution in [-0.2, 0) is 11.2 Å². The van der Waals surface area contributed by atoms with Crippen molar-refractivity contribution in [1.82, 2.24) is 4.90 Å². The highest BCUT2D eigenvalue weighted by Crippen LogP contribution is 2.32. The first-order valence-electron chi connectivity index (χ1n) is 8.54. The van der Waals surface area contributed by atoms with Gasteiger partial charge in [-0.05, 0) is 50.1 Å². The predicted molar refractivity (Wildman–Crippen MR) is 104 cm³/mol. The lowest BCUT2D eigenvalue weighted by Gasteiger charge is -2.13. The number of ether oxygens (including phenoxy) is 1. The van der Waals surface area contributed by atoms with Gasteiger partial charge in [0.05, 0.1) is 17.5 Å². The average molecular weight is 354 g/mol. The molecule has 130 valence electrons. The summed E-state index contributed by atoms with van der Waals surface area (Å²) < 4.78 is 5.46. The van der Waals surface area contributed by atoms with Crippen molar-refractivity contribution in [2.45, 2.75) is 25.5 Å². The topological polar surface area (TPSA) is 41.9 Å². The number of nitrogens with zero attached hydrogens (tertiary/aromatic N) is 2. The maximum Gasteiger partial charge on any atom is 0.242 e. The summed E-state index contributed by atoms with van der Waals surface area (Å²) in [6.45, 7) is 5.22. The molecule has 0 bridgehead atoms. The summed E-state index contributed by atoms with van der Waals surface area (Å²) in [6, 6.07) is 17.8. The second kappa shape index (κ2) is 8.21. The molecule has 2 aromatic rings. The van der Waals surface area contributed by atoms with Crippen LogP contribution < -0.4 is 4.74 Å². The second-order valence-corrected chi connectivity index (χ2v) is 6.87. The molecule has 0 unspecified atom stereocenters. The van der Waals surface area contributed by atoms with Gasteiger partial charge in [-0.15, -0.1) is 0 Å². The lowest BCUT2D eigenvalue weighted by Crippen LogP contribution is -2.32. The van der Waals surface area contributed by atoms with Crippen molar-refractivity contribution in [2.75, 3.05) is 13.2 Å². The van der Waals surface area contributed by atoms with Gasteiger partial charge in [-0.25, -0.2) is 4.99 Å². The number of amides is 1. The van der Waals surface area contributed by atoms with E-state index in [9.17, 15) is 4.79 Å². The van der Waals surface area contributed by atoms with Crippen molar-refractivity contribution in [2.24, 2.45) is 4.99 Å². The van der Waals surface area contributed by atoms with E-state index >= 15 is 0 Å². The van der Waals surface area contributed by atoms with Crippen LogP contribution in [0.1, 0.15) is 19.4 Å². The highest BCUT2D eigenvalue weighted by Gasteiger charge is 2.36. The van der Waals surface area contributed by atoms with E-state index in [0.717, 1.165) is 23.0 Å². The second-order valence-electron chi connectivity index (χ2n) is 5.70. The molecule has 1 amide bonds. The summed E-state index contributed by atoms with van der Waals surface area (Å²) in [5.74, 6) is 0.969. The lowest BCUT2D eigenvalue weighted by molar-refractivity contribution is -0.126. The molecule has 3 rings (SSSR count). The first kappa shape index (κ1) is 17.5. The number of carbonyl (C=O) groups is 1. The molecule has 25 heavy (non-hydrogen) atoms. The molecule has 0 radical (unpaired) electrons. The van der Waals surface area contributed by atoms with Gasteiger partial charge < -0.3 is 4.74 Å². The first-order valence-corrected chi connectivity index (χ1v) is 9.42. The van der Waals surface area contributed by atoms with Gasteiger partial charge in [0.1, 0.15) is 5.75 Å². The summed E-state index contributed by atoms with van der Waals surface area (Å²) in [6.07, 6.45) is 0.725. The Morgan fingerprint density at radius 3 is 2.44 bits per heavy atom. The van der Waals surface area contributed by atoms with Crippen molar-refractivity contribution >= 4 is 28.5 Å². The van der Waals surface area contributed by atoms with Crippen molar-refractivity contribution < 1.29 is 9.53 Å². The predicted octanol–water partition coefficient (Wildman–Crippen LogP) is 4.28. The van der Waals surface area contributed by atoms with Crippen molar-refractivity contribution in [3.8, 4) is 5.75 Å². The zero-order valence-corrected chi connectivity index (χ0v) is 15.3. The number of rotatable bonds is 6. The monoisotopic (exact) mass is 354 g/mol. The minimum Gasteiger partial charge on any atom is -0.494 e. The number of carbonyl (C=O) groups excluding carboxylic acids is 1. The SMILES string of the molecule is CCOc1ccc(N=C2S[C@H](Cc3ccccc3)C(=O)N2CC)cc1. The summed E-state index contributed by atoms with van der Waals surface area (Å²) in [5, 5.41) is 0.668. The molecule has 0 aromatic heterocycles. The molecule has 0 N–H and O–H groups in total. The van der Waals surface area contributed by atoms with E-state index in [1.807, 2.05) is 56.3 Å². The summed E-state index contributed by atoms with van der Waals surface area (Å²) in [5.41, 5.74) is 2.00. The van der Waals surface area contributed by atoms with Gasteiger partial charge in [0.15, 0.2) is 5.17 Å². The summed E-state index contributed by atoms with van der Waals surface area (Å²) in [7, 11) is 0. The van der Waals surface area contributed by atoms with Gasteiger partial charge >= 0.3 is 0 Å². The van der Waals surface area contributed by atoms with Crippen LogP contribution in [0.15, 0.2) is 59.6 Å². The van der Waals surface area contributed by atoms with E-state index < -0.39 is 0 Å². The Morgan fingerprint density at radius 2 is 1.80 bits per heavy atom. The molecule has 1 saturated heterocycles. The Morgan fingerprint density at radius 1 is 1.08 bits per heavy atom. The highest BCUT2D eigenvalue weighted by molar-refractivity contribution is 8.15. The number of hydrogen-bond donors (Lipinski definition) is 0. The van der Waals surface area contributed by atoms with Gasteiger partial charge in [0, 0.05) is 6.54 Å². The van der Waals surface area contributed by atoms with E-state index in [-0.39, 0.29) is 11.2 Å². The van der Waals surface area contributed by atoms with E-state index in [0.29, 0.717) is 13.2 Å². The van der Waals surface area contributed by atoms with E-state index in [1.165, 1.54) is 5.56 Å². The Balaban J connectivity index is 1.77. The number of benzene rings is 2. The molecule has 0 saturated carbocycles. The smallest absolute Gasteiger partial charge is 0.242 e. The van der Waals surface area contributed by atoms with Crippen LogP contribution in [0.3, 0.4) is 0 Å². The molecule has 5 heteroatoms. The maximum absolute atomic E-state index is 12.7. The molecule has 0 spiro atoms. The fraction of sp³-hybridized carbons (Fsp3) is 0.300. The lowest BCUT2D eigenvalue weighted by atomic mass is 10.1. The molecule has 4 nitrogen and oxygen atoms in total. The Bertz CT molecular complexity index is 744. The number of thioether (sulfide) groups is 1. The third kappa shape index (κ3) is 4.23. The van der Waals surface area contributed by atoms with Crippen LogP contribution in [0, 0.1) is 0 Å². The normalized spacial score (nSPS) is 18.8. The quantitative estimate of drug-likeness (QED) is 0.777. The Hall–Kier alpha value is -2.27. The molecule has 1 atom stereocenters. The average Bonchev–Trinajstić information content (AvgIpc) is 2.92. The molecular weight excluding hydrogens is 332 g/mol. The molecule has 1 aliphatic rings. The van der Waals surface area contributed by atoms with E-state index in [1.54, 1.807) is 16.7 Å². The van der Waals surface area contributed by atoms with Gasteiger partial charge in [-0.1, -0.05) is 42.1 Å². The van der Waals surface area contributed by atoms with Crippen LogP contribution in [-0.4, -0.2) is 34.4 Å². The van der Waals surface area contributed by atoms with E-state index in [4.69, 9.17) is 4.74 Å². The van der Waals surface area contributed by atoms with E-state index in [2.05, 4.69) is 17.1 Å². The van der Waals surface area contributed by atoms with Gasteiger partial charge in [0.2, 0.25) is 5.91 Å². The summed E-state index contributed by atoms with van der Waals surface area (Å²) in [4.78, 5) is 19.1. The summed E-state index contributed by atoms with van der Waals surface area (Å²) >= 11 is 1.55. The van der Waals surface area contributed by atoms with Crippen LogP contribution in [0.2, 0.25) is 0 Å². The van der Waals surface area contributed by atoms with Crippen molar-refractivity contribution in [1.29, 1.82) is 0 Å². The molecule has 1 fully saturated rings. The zero-order valence-electron chi connectivity index (χ0n) is 14.5. The maximum atomic E-state index is 12.7. The minimum atomic E-state index is -0.108. The molecular formula is C20H22N2O2S. The van der Waals surface area contributed by atoms with Gasteiger partial charge in [-0.3, -0.25) is 9.69 Å². The number of aliphatic imine (C=N–C) groups is 1. The van der Waals surface area contributed by atoms with Gasteiger partial charge in [-0.2, -0.15) is 0 Å². The Labute approximate surface area is 152 Å². The third-order valence-corrected chi connectivity index (χ3v) is 5.15. The van der Waals surface area contributed by atoms with Crippen LogP contribution in [0.4, 0.5) is 5.69 Å². The van der Waals surface area contributed by atoms with Crippen LogP contribution >= 0.6 is 11.8 Å². The fourth-order valence-corrected chi connectivity index (χ4v) is 4.00. The third-order valence-electron chi connectivity index (χ3n) is 3.97. The molecule has 2 aromatic carbocycles. The minimum absolute atomic E-state index is 0.108. The molecule has 1 heterocycles. The molecule has 1 aliphatic heterocycles. The van der Waals surface area contributed by atoms with Gasteiger partial charge in [0.25, 0.3) is 0 Å². The fourth-order valence-electron chi connectivity index (χ4n) is 2.74. The first-order chi connectivity index (χ1) is 12.2. The van der Waals surface area contributed by atoms with Crippen molar-refractivity contribution in [3.63, 3.8) is 0 Å². The molecule has 0 aliphatic carbocycles. The largest absolute Gasteiger partial charge is 0.494 e. The number of amidine groups is 1. The standard InChI is InChI=1S/C20H22N2O2S/c1-3-22-19(23)18(14-15-8-6-5-7-9-15)25-20(22)21-16-10-12-17(13-11-16)24-4-2/h5-13,18H,3-4,14H2,1-2H3/t18-/m1/s1. The zero-order chi connectivity index (χ0) is 17.6. The Kier molecular flexibility index (Phi) is 5.76. The van der Waals surface area contributed by atoms with Crippen molar-refractivity contribution in [3.05, 3.63) is 60.2 Å². The highest BCUT2D eigenvalue weighted by atomic mass is 32.2.